The van der Waals surface area contributed by atoms with Crippen molar-refractivity contribution < 1.29 is 0 Å². The molecule has 0 aromatic heterocycles. The van der Waals surface area contributed by atoms with Crippen molar-refractivity contribution in [3.8, 4) is 0 Å². The van der Waals surface area contributed by atoms with Gasteiger partial charge < -0.3 is 5.73 Å². The second-order valence-electron chi connectivity index (χ2n) is 3.51. The maximum Gasteiger partial charge on any atom is -0.00232 e. The summed E-state index contributed by atoms with van der Waals surface area (Å²) in [7, 11) is 0. The van der Waals surface area contributed by atoms with Crippen LogP contribution in [0.25, 0.3) is 0 Å². The van der Waals surface area contributed by atoms with Crippen LogP contribution in [0.5, 0.6) is 0 Å². The Morgan fingerprint density at radius 3 is 1.70 bits per heavy atom. The summed E-state index contributed by atoms with van der Waals surface area (Å²) in [5.74, 6) is 0. The zero-order valence-corrected chi connectivity index (χ0v) is 7.61. The van der Waals surface area contributed by atoms with E-state index < -0.39 is 0 Å². The zero-order valence-electron chi connectivity index (χ0n) is 7.61. The Bertz CT molecular complexity index is 72.8. The van der Waals surface area contributed by atoms with E-state index in [0.717, 1.165) is 6.54 Å². The summed E-state index contributed by atoms with van der Waals surface area (Å²) < 4.78 is 0. The Hall–Kier alpha value is -0.0400. The minimum Gasteiger partial charge on any atom is -0.330 e. The third kappa shape index (κ3) is 3.21. The molecule has 62 valence electrons. The second-order valence-corrected chi connectivity index (χ2v) is 3.51. The summed E-state index contributed by atoms with van der Waals surface area (Å²) >= 11 is 0. The molecular weight excluding hydrogens is 122 g/mol. The monoisotopic (exact) mass is 143 g/mol. The van der Waals surface area contributed by atoms with Gasteiger partial charge in [-0.3, -0.25) is 0 Å². The van der Waals surface area contributed by atoms with Crippen LogP contribution in [-0.2, 0) is 0 Å². The van der Waals surface area contributed by atoms with Crippen molar-refractivity contribution in [3.05, 3.63) is 0 Å². The first-order valence-electron chi connectivity index (χ1n) is 4.38. The third-order valence-corrected chi connectivity index (χ3v) is 2.20. The van der Waals surface area contributed by atoms with Gasteiger partial charge in [0.1, 0.15) is 0 Å². The fourth-order valence-corrected chi connectivity index (χ4v) is 1.54. The van der Waals surface area contributed by atoms with Crippen molar-refractivity contribution in [2.45, 2.75) is 46.5 Å². The Labute approximate surface area is 65.0 Å². The van der Waals surface area contributed by atoms with Crippen molar-refractivity contribution in [2.24, 2.45) is 11.1 Å². The summed E-state index contributed by atoms with van der Waals surface area (Å²) in [5, 5.41) is 0. The molecule has 0 unspecified atom stereocenters. The molecule has 0 rings (SSSR count). The molecule has 0 aromatic carbocycles. The van der Waals surface area contributed by atoms with Crippen molar-refractivity contribution in [1.29, 1.82) is 0 Å². The topological polar surface area (TPSA) is 26.0 Å². The number of hydrogen-bond donors (Lipinski definition) is 1. The summed E-state index contributed by atoms with van der Waals surface area (Å²) in [6.45, 7) is 7.59. The van der Waals surface area contributed by atoms with E-state index in [1.165, 1.54) is 25.7 Å². The SMILES string of the molecule is CCCC(C)(CN)CCC. The van der Waals surface area contributed by atoms with E-state index >= 15 is 0 Å². The highest BCUT2D eigenvalue weighted by atomic mass is 14.6. The molecule has 0 heterocycles. The lowest BCUT2D eigenvalue weighted by Gasteiger charge is -2.26. The van der Waals surface area contributed by atoms with Gasteiger partial charge in [-0.2, -0.15) is 0 Å². The molecule has 0 spiro atoms. The van der Waals surface area contributed by atoms with Crippen molar-refractivity contribution in [2.75, 3.05) is 6.54 Å². The van der Waals surface area contributed by atoms with Crippen LogP contribution in [0.4, 0.5) is 0 Å². The number of rotatable bonds is 5. The molecule has 0 aliphatic rings. The van der Waals surface area contributed by atoms with Crippen LogP contribution in [-0.4, -0.2) is 6.54 Å². The molecular formula is C9H21N. The first-order valence-corrected chi connectivity index (χ1v) is 4.38. The van der Waals surface area contributed by atoms with Crippen LogP contribution < -0.4 is 5.73 Å². The highest BCUT2D eigenvalue weighted by Crippen LogP contribution is 2.27. The molecule has 1 nitrogen and oxygen atoms in total. The Kier molecular flexibility index (Phi) is 4.71. The molecule has 0 aromatic rings. The molecule has 0 saturated carbocycles. The molecule has 0 bridgehead atoms. The molecule has 0 atom stereocenters. The maximum absolute atomic E-state index is 5.68. The van der Waals surface area contributed by atoms with E-state index in [-0.39, 0.29) is 0 Å². The van der Waals surface area contributed by atoms with E-state index in [4.69, 9.17) is 5.73 Å². The first kappa shape index (κ1) is 9.96. The van der Waals surface area contributed by atoms with Gasteiger partial charge in [0.2, 0.25) is 0 Å². The maximum atomic E-state index is 5.68. The average molecular weight is 143 g/mol. The minimum atomic E-state index is 0.420. The van der Waals surface area contributed by atoms with Gasteiger partial charge in [0.05, 0.1) is 0 Å². The lowest BCUT2D eigenvalue weighted by molar-refractivity contribution is 0.277. The molecule has 0 aliphatic heterocycles. The van der Waals surface area contributed by atoms with Crippen LogP contribution in [0.15, 0.2) is 0 Å². The smallest absolute Gasteiger partial charge is 0.00232 e. The molecule has 0 saturated heterocycles. The summed E-state index contributed by atoms with van der Waals surface area (Å²) in [6, 6.07) is 0. The molecule has 0 aliphatic carbocycles. The molecule has 0 radical (unpaired) electrons. The average Bonchev–Trinajstić information content (AvgIpc) is 1.89. The van der Waals surface area contributed by atoms with Gasteiger partial charge in [-0.05, 0) is 24.8 Å². The largest absolute Gasteiger partial charge is 0.330 e. The van der Waals surface area contributed by atoms with E-state index in [2.05, 4.69) is 20.8 Å². The Morgan fingerprint density at radius 2 is 1.50 bits per heavy atom. The molecule has 1 heteroatoms. The fraction of sp³-hybridized carbons (Fsp3) is 1.00. The van der Waals surface area contributed by atoms with Gasteiger partial charge >= 0.3 is 0 Å². The predicted molar refractivity (Wildman–Crippen MR) is 47.0 cm³/mol. The summed E-state index contributed by atoms with van der Waals surface area (Å²) in [5.41, 5.74) is 6.10. The Morgan fingerprint density at radius 1 is 1.10 bits per heavy atom. The first-order chi connectivity index (χ1) is 4.68. The minimum absolute atomic E-state index is 0.420. The highest BCUT2D eigenvalue weighted by Gasteiger charge is 2.19. The highest BCUT2D eigenvalue weighted by molar-refractivity contribution is 4.73. The predicted octanol–water partition coefficient (Wildman–Crippen LogP) is 2.55. The third-order valence-electron chi connectivity index (χ3n) is 2.20. The van der Waals surface area contributed by atoms with E-state index in [9.17, 15) is 0 Å². The summed E-state index contributed by atoms with van der Waals surface area (Å²) in [6.07, 6.45) is 5.07. The van der Waals surface area contributed by atoms with E-state index in [1.807, 2.05) is 0 Å². The lowest BCUT2D eigenvalue weighted by Crippen LogP contribution is -2.26. The van der Waals surface area contributed by atoms with E-state index in [0.29, 0.717) is 5.41 Å². The summed E-state index contributed by atoms with van der Waals surface area (Å²) in [4.78, 5) is 0. The molecule has 0 amide bonds. The fourth-order valence-electron chi connectivity index (χ4n) is 1.54. The van der Waals surface area contributed by atoms with Crippen LogP contribution in [0.2, 0.25) is 0 Å². The van der Waals surface area contributed by atoms with Gasteiger partial charge in [0, 0.05) is 0 Å². The van der Waals surface area contributed by atoms with Crippen molar-refractivity contribution >= 4 is 0 Å². The standard InChI is InChI=1S/C9H21N/c1-4-6-9(3,8-10)7-5-2/h4-8,10H2,1-3H3. The van der Waals surface area contributed by atoms with Crippen LogP contribution in [0.3, 0.4) is 0 Å². The van der Waals surface area contributed by atoms with Crippen molar-refractivity contribution in [1.82, 2.24) is 0 Å². The quantitative estimate of drug-likeness (QED) is 0.629. The zero-order chi connectivity index (χ0) is 8.04. The van der Waals surface area contributed by atoms with E-state index in [1.54, 1.807) is 0 Å². The van der Waals surface area contributed by atoms with Gasteiger partial charge in [-0.15, -0.1) is 0 Å². The van der Waals surface area contributed by atoms with Gasteiger partial charge in [-0.1, -0.05) is 33.6 Å². The number of nitrogens with two attached hydrogens (primary N) is 1. The normalized spacial score (nSPS) is 12.0. The van der Waals surface area contributed by atoms with Crippen molar-refractivity contribution in [3.63, 3.8) is 0 Å². The van der Waals surface area contributed by atoms with Gasteiger partial charge in [0.25, 0.3) is 0 Å². The number of hydrogen-bond acceptors (Lipinski definition) is 1. The second kappa shape index (κ2) is 4.73. The van der Waals surface area contributed by atoms with Gasteiger partial charge in [0.15, 0.2) is 0 Å². The lowest BCUT2D eigenvalue weighted by atomic mass is 9.81. The van der Waals surface area contributed by atoms with Crippen LogP contribution in [0, 0.1) is 5.41 Å². The van der Waals surface area contributed by atoms with Crippen LogP contribution >= 0.6 is 0 Å². The van der Waals surface area contributed by atoms with Gasteiger partial charge in [-0.25, -0.2) is 0 Å². The van der Waals surface area contributed by atoms with Crippen LogP contribution in [0.1, 0.15) is 46.5 Å². The molecule has 2 N–H and O–H groups in total. The Balaban J connectivity index is 3.69. The molecule has 10 heavy (non-hydrogen) atoms. The molecule has 0 fully saturated rings.